The maximum absolute atomic E-state index is 12.2. The monoisotopic (exact) mass is 226 g/mol. The van der Waals surface area contributed by atoms with Gasteiger partial charge in [0.15, 0.2) is 0 Å². The van der Waals surface area contributed by atoms with Crippen LogP contribution >= 0.6 is 0 Å². The fourth-order valence-electron chi connectivity index (χ4n) is 2.42. The standard InChI is InChI=1S/C12H22N2O2/c1-2-16-9-11-5-3-4-6-14(11)12(15)10-7-13-8-10/h10-11,13H,2-9H2,1H3. The Morgan fingerprint density at radius 2 is 2.25 bits per heavy atom. The van der Waals surface area contributed by atoms with Gasteiger partial charge in [-0.2, -0.15) is 0 Å². The number of rotatable bonds is 4. The van der Waals surface area contributed by atoms with E-state index in [1.165, 1.54) is 6.42 Å². The molecule has 2 heterocycles. The number of nitrogens with one attached hydrogen (secondary N) is 1. The molecule has 2 fully saturated rings. The highest BCUT2D eigenvalue weighted by Gasteiger charge is 2.34. The number of amides is 1. The molecule has 16 heavy (non-hydrogen) atoms. The summed E-state index contributed by atoms with van der Waals surface area (Å²) in [6.45, 7) is 6.09. The molecule has 0 aromatic carbocycles. The van der Waals surface area contributed by atoms with Gasteiger partial charge in [0.25, 0.3) is 0 Å². The lowest BCUT2D eigenvalue weighted by atomic mass is 9.96. The Hall–Kier alpha value is -0.610. The van der Waals surface area contributed by atoms with E-state index in [4.69, 9.17) is 4.74 Å². The van der Waals surface area contributed by atoms with Gasteiger partial charge in [0.1, 0.15) is 0 Å². The molecule has 0 aliphatic carbocycles. The van der Waals surface area contributed by atoms with Crippen LogP contribution in [0.4, 0.5) is 0 Å². The van der Waals surface area contributed by atoms with Crippen molar-refractivity contribution in [3.8, 4) is 0 Å². The van der Waals surface area contributed by atoms with E-state index in [0.29, 0.717) is 18.6 Å². The van der Waals surface area contributed by atoms with Crippen LogP contribution in [-0.4, -0.2) is 49.7 Å². The lowest BCUT2D eigenvalue weighted by molar-refractivity contribution is -0.142. The predicted octanol–water partition coefficient (Wildman–Crippen LogP) is 0.623. The van der Waals surface area contributed by atoms with Gasteiger partial charge in [0.2, 0.25) is 5.91 Å². The first kappa shape index (κ1) is 11.9. The van der Waals surface area contributed by atoms with E-state index in [2.05, 4.69) is 10.2 Å². The van der Waals surface area contributed by atoms with Gasteiger partial charge >= 0.3 is 0 Å². The number of nitrogens with zero attached hydrogens (tertiary/aromatic N) is 1. The number of hydrogen-bond donors (Lipinski definition) is 1. The largest absolute Gasteiger partial charge is 0.380 e. The number of piperidine rings is 1. The lowest BCUT2D eigenvalue weighted by Crippen LogP contribution is -2.56. The van der Waals surface area contributed by atoms with E-state index in [9.17, 15) is 4.79 Å². The highest BCUT2D eigenvalue weighted by Crippen LogP contribution is 2.21. The fraction of sp³-hybridized carbons (Fsp3) is 0.917. The molecular weight excluding hydrogens is 204 g/mol. The predicted molar refractivity (Wildman–Crippen MR) is 62.2 cm³/mol. The first-order chi connectivity index (χ1) is 7.83. The molecule has 0 bridgehead atoms. The normalized spacial score (nSPS) is 26.6. The number of carbonyl (C=O) groups is 1. The van der Waals surface area contributed by atoms with Crippen molar-refractivity contribution in [2.24, 2.45) is 5.92 Å². The van der Waals surface area contributed by atoms with E-state index in [0.717, 1.165) is 39.1 Å². The molecule has 2 aliphatic rings. The molecule has 1 N–H and O–H groups in total. The first-order valence-corrected chi connectivity index (χ1v) is 6.42. The molecule has 2 rings (SSSR count). The molecule has 0 spiro atoms. The summed E-state index contributed by atoms with van der Waals surface area (Å²) in [6.07, 6.45) is 3.48. The van der Waals surface area contributed by atoms with Gasteiger partial charge in [-0.1, -0.05) is 0 Å². The zero-order valence-corrected chi connectivity index (χ0v) is 10.1. The third-order valence-electron chi connectivity index (χ3n) is 3.56. The van der Waals surface area contributed by atoms with Crippen LogP contribution in [0, 0.1) is 5.92 Å². The second kappa shape index (κ2) is 5.64. The summed E-state index contributed by atoms with van der Waals surface area (Å²) in [4.78, 5) is 14.2. The van der Waals surface area contributed by atoms with Crippen molar-refractivity contribution in [1.82, 2.24) is 10.2 Å². The molecule has 1 atom stereocenters. The Kier molecular flexibility index (Phi) is 4.18. The molecule has 1 unspecified atom stereocenters. The molecular formula is C12H22N2O2. The van der Waals surface area contributed by atoms with Crippen LogP contribution in [0.3, 0.4) is 0 Å². The van der Waals surface area contributed by atoms with Crippen LogP contribution in [0.25, 0.3) is 0 Å². The van der Waals surface area contributed by atoms with Crippen molar-refractivity contribution in [3.05, 3.63) is 0 Å². The van der Waals surface area contributed by atoms with Crippen molar-refractivity contribution in [2.45, 2.75) is 32.2 Å². The minimum atomic E-state index is 0.224. The summed E-state index contributed by atoms with van der Waals surface area (Å²) >= 11 is 0. The smallest absolute Gasteiger partial charge is 0.228 e. The van der Waals surface area contributed by atoms with Gasteiger partial charge in [-0.25, -0.2) is 0 Å². The van der Waals surface area contributed by atoms with Crippen LogP contribution in [0.1, 0.15) is 26.2 Å². The average molecular weight is 226 g/mol. The number of likely N-dealkylation sites (tertiary alicyclic amines) is 1. The molecule has 4 heteroatoms. The van der Waals surface area contributed by atoms with Gasteiger partial charge in [-0.05, 0) is 26.2 Å². The summed E-state index contributed by atoms with van der Waals surface area (Å²) in [6, 6.07) is 0.321. The number of hydrogen-bond acceptors (Lipinski definition) is 3. The van der Waals surface area contributed by atoms with Crippen molar-refractivity contribution in [1.29, 1.82) is 0 Å². The van der Waals surface area contributed by atoms with E-state index in [1.54, 1.807) is 0 Å². The second-order valence-electron chi connectivity index (χ2n) is 4.70. The summed E-state index contributed by atoms with van der Waals surface area (Å²) in [7, 11) is 0. The van der Waals surface area contributed by atoms with Crippen molar-refractivity contribution < 1.29 is 9.53 Å². The second-order valence-corrected chi connectivity index (χ2v) is 4.70. The quantitative estimate of drug-likeness (QED) is 0.764. The first-order valence-electron chi connectivity index (χ1n) is 6.42. The van der Waals surface area contributed by atoms with Gasteiger partial charge < -0.3 is 15.0 Å². The summed E-state index contributed by atoms with van der Waals surface area (Å²) in [5.41, 5.74) is 0. The minimum Gasteiger partial charge on any atom is -0.380 e. The van der Waals surface area contributed by atoms with Crippen LogP contribution in [0.15, 0.2) is 0 Å². The Labute approximate surface area is 97.3 Å². The van der Waals surface area contributed by atoms with E-state index in [-0.39, 0.29) is 5.92 Å². The van der Waals surface area contributed by atoms with Crippen LogP contribution < -0.4 is 5.32 Å². The summed E-state index contributed by atoms with van der Waals surface area (Å²) in [5, 5.41) is 3.16. The van der Waals surface area contributed by atoms with Gasteiger partial charge in [-0.15, -0.1) is 0 Å². The van der Waals surface area contributed by atoms with Crippen LogP contribution in [0.2, 0.25) is 0 Å². The Balaban J connectivity index is 1.89. The fourth-order valence-corrected chi connectivity index (χ4v) is 2.42. The molecule has 0 aromatic rings. The highest BCUT2D eigenvalue weighted by atomic mass is 16.5. The zero-order valence-electron chi connectivity index (χ0n) is 10.1. The molecule has 1 amide bonds. The maximum Gasteiger partial charge on any atom is 0.228 e. The van der Waals surface area contributed by atoms with E-state index < -0.39 is 0 Å². The van der Waals surface area contributed by atoms with Crippen LogP contribution in [0.5, 0.6) is 0 Å². The summed E-state index contributed by atoms with van der Waals surface area (Å²) < 4.78 is 5.48. The zero-order chi connectivity index (χ0) is 11.4. The van der Waals surface area contributed by atoms with Crippen molar-refractivity contribution >= 4 is 5.91 Å². The van der Waals surface area contributed by atoms with Crippen molar-refractivity contribution in [3.63, 3.8) is 0 Å². The molecule has 92 valence electrons. The summed E-state index contributed by atoms with van der Waals surface area (Å²) in [5.74, 6) is 0.561. The van der Waals surface area contributed by atoms with Gasteiger partial charge in [0, 0.05) is 26.2 Å². The lowest BCUT2D eigenvalue weighted by Gasteiger charge is -2.39. The number of ether oxygens (including phenoxy) is 1. The minimum absolute atomic E-state index is 0.224. The SMILES string of the molecule is CCOCC1CCCCN1C(=O)C1CNC1. The van der Waals surface area contributed by atoms with Gasteiger partial charge in [-0.3, -0.25) is 4.79 Å². The van der Waals surface area contributed by atoms with Crippen LogP contribution in [-0.2, 0) is 9.53 Å². The van der Waals surface area contributed by atoms with E-state index >= 15 is 0 Å². The molecule has 0 radical (unpaired) electrons. The van der Waals surface area contributed by atoms with Crippen molar-refractivity contribution in [2.75, 3.05) is 32.8 Å². The molecule has 0 saturated carbocycles. The highest BCUT2D eigenvalue weighted by molar-refractivity contribution is 5.80. The van der Waals surface area contributed by atoms with E-state index in [1.807, 2.05) is 6.92 Å². The molecule has 0 aromatic heterocycles. The topological polar surface area (TPSA) is 41.6 Å². The molecule has 2 saturated heterocycles. The Morgan fingerprint density at radius 1 is 1.44 bits per heavy atom. The third kappa shape index (κ3) is 2.55. The maximum atomic E-state index is 12.2. The Bertz CT molecular complexity index is 241. The average Bonchev–Trinajstić information content (AvgIpc) is 2.24. The Morgan fingerprint density at radius 3 is 2.88 bits per heavy atom. The molecule has 4 nitrogen and oxygen atoms in total. The third-order valence-corrected chi connectivity index (χ3v) is 3.56. The van der Waals surface area contributed by atoms with Gasteiger partial charge in [0.05, 0.1) is 18.6 Å². The molecule has 2 aliphatic heterocycles. The number of carbonyl (C=O) groups excluding carboxylic acids is 1.